The average molecular weight is 212 g/mol. The van der Waals surface area contributed by atoms with Crippen molar-refractivity contribution < 1.29 is 9.52 Å². The van der Waals surface area contributed by atoms with Gasteiger partial charge in [0, 0.05) is 5.41 Å². The third kappa shape index (κ3) is 3.32. The van der Waals surface area contributed by atoms with Crippen LogP contribution in [-0.2, 0) is 5.41 Å². The summed E-state index contributed by atoms with van der Waals surface area (Å²) in [6, 6.07) is 0. The first-order valence-electron chi connectivity index (χ1n) is 5.29. The highest BCUT2D eigenvalue weighted by molar-refractivity contribution is 5.06. The van der Waals surface area contributed by atoms with Crippen LogP contribution in [0.3, 0.4) is 0 Å². The Kier molecular flexibility index (Phi) is 3.88. The molecule has 0 amide bonds. The van der Waals surface area contributed by atoms with E-state index in [1.165, 1.54) is 0 Å². The summed E-state index contributed by atoms with van der Waals surface area (Å²) in [7, 11) is 0. The molecular weight excluding hydrogens is 192 g/mol. The molecule has 0 aliphatic heterocycles. The monoisotopic (exact) mass is 212 g/mol. The fraction of sp³-hybridized carbons (Fsp3) is 0.727. The molecule has 3 N–H and O–H groups in total. The Balaban J connectivity index is 2.67. The molecule has 0 aromatic carbocycles. The molecule has 4 heteroatoms. The molecular formula is C11H20N2O2. The molecule has 0 spiro atoms. The summed E-state index contributed by atoms with van der Waals surface area (Å²) >= 11 is 0. The van der Waals surface area contributed by atoms with Gasteiger partial charge in [-0.25, -0.2) is 4.98 Å². The fourth-order valence-corrected chi connectivity index (χ4v) is 1.22. The van der Waals surface area contributed by atoms with Gasteiger partial charge in [-0.15, -0.1) is 0 Å². The average Bonchev–Trinajstić information content (AvgIpc) is 2.62. The van der Waals surface area contributed by atoms with E-state index in [-0.39, 0.29) is 5.41 Å². The van der Waals surface area contributed by atoms with E-state index in [2.05, 4.69) is 4.98 Å². The summed E-state index contributed by atoms with van der Waals surface area (Å²) in [4.78, 5) is 4.08. The Morgan fingerprint density at radius 1 is 1.53 bits per heavy atom. The summed E-state index contributed by atoms with van der Waals surface area (Å²) < 4.78 is 5.50. The number of aromatic nitrogens is 1. The lowest BCUT2D eigenvalue weighted by Gasteiger charge is -2.13. The summed E-state index contributed by atoms with van der Waals surface area (Å²) in [5.74, 6) is 1.19. The maximum Gasteiger partial charge on any atom is 0.223 e. The number of aliphatic hydroxyl groups is 1. The molecule has 1 aromatic heterocycles. The minimum atomic E-state index is -0.635. The van der Waals surface area contributed by atoms with Crippen LogP contribution in [0.2, 0.25) is 0 Å². The Morgan fingerprint density at radius 2 is 2.20 bits per heavy atom. The van der Waals surface area contributed by atoms with Crippen molar-refractivity contribution in [3.63, 3.8) is 0 Å². The Hall–Kier alpha value is -0.870. The molecule has 0 saturated carbocycles. The second-order valence-electron chi connectivity index (χ2n) is 4.76. The van der Waals surface area contributed by atoms with Gasteiger partial charge in [0.25, 0.3) is 0 Å². The van der Waals surface area contributed by atoms with Gasteiger partial charge in [-0.1, -0.05) is 20.8 Å². The first-order valence-corrected chi connectivity index (χ1v) is 5.29. The number of nitrogens with zero attached hydrogens (tertiary/aromatic N) is 1. The van der Waals surface area contributed by atoms with Crippen molar-refractivity contribution in [3.8, 4) is 0 Å². The molecule has 0 aliphatic rings. The van der Waals surface area contributed by atoms with Gasteiger partial charge in [0.15, 0.2) is 0 Å². The van der Waals surface area contributed by atoms with E-state index >= 15 is 0 Å². The van der Waals surface area contributed by atoms with E-state index in [4.69, 9.17) is 10.2 Å². The number of aliphatic hydroxyl groups excluding tert-OH is 1. The summed E-state index contributed by atoms with van der Waals surface area (Å²) in [5, 5.41) is 9.72. The lowest BCUT2D eigenvalue weighted by atomic mass is 9.94. The lowest BCUT2D eigenvalue weighted by Crippen LogP contribution is -2.09. The smallest absolute Gasteiger partial charge is 0.223 e. The van der Waals surface area contributed by atoms with Gasteiger partial charge in [0.2, 0.25) is 5.89 Å². The molecule has 1 unspecified atom stereocenters. The molecule has 0 bridgehead atoms. The van der Waals surface area contributed by atoms with Gasteiger partial charge in [-0.3, -0.25) is 0 Å². The number of hydrogen-bond donors (Lipinski definition) is 2. The van der Waals surface area contributed by atoms with Gasteiger partial charge in [-0.2, -0.15) is 0 Å². The van der Waals surface area contributed by atoms with E-state index in [1.807, 2.05) is 20.8 Å². The number of nitrogens with two attached hydrogens (primary N) is 1. The zero-order valence-corrected chi connectivity index (χ0v) is 9.66. The van der Waals surface area contributed by atoms with Crippen LogP contribution >= 0.6 is 0 Å². The molecule has 0 aliphatic carbocycles. The molecule has 1 heterocycles. The zero-order valence-electron chi connectivity index (χ0n) is 9.66. The van der Waals surface area contributed by atoms with Crippen LogP contribution in [0.25, 0.3) is 0 Å². The van der Waals surface area contributed by atoms with Gasteiger partial charge in [0.1, 0.15) is 11.9 Å². The standard InChI is InChI=1S/C11H20N2O2/c1-11(2,3)9-7-13-10(15-9)8(14)5-4-6-12/h7-8,14H,4-6,12H2,1-3H3. The molecule has 1 aromatic rings. The van der Waals surface area contributed by atoms with Crippen molar-refractivity contribution in [2.24, 2.45) is 5.73 Å². The van der Waals surface area contributed by atoms with Crippen LogP contribution in [0.5, 0.6) is 0 Å². The maximum atomic E-state index is 9.72. The van der Waals surface area contributed by atoms with E-state index in [9.17, 15) is 5.11 Å². The maximum absolute atomic E-state index is 9.72. The highest BCUT2D eigenvalue weighted by Gasteiger charge is 2.21. The molecule has 0 fully saturated rings. The van der Waals surface area contributed by atoms with Crippen molar-refractivity contribution in [2.45, 2.75) is 45.1 Å². The van der Waals surface area contributed by atoms with Crippen molar-refractivity contribution in [3.05, 3.63) is 17.8 Å². The predicted molar refractivity (Wildman–Crippen MR) is 58.5 cm³/mol. The van der Waals surface area contributed by atoms with Gasteiger partial charge in [-0.05, 0) is 19.4 Å². The third-order valence-electron chi connectivity index (χ3n) is 2.23. The fourth-order valence-electron chi connectivity index (χ4n) is 1.22. The van der Waals surface area contributed by atoms with Gasteiger partial charge >= 0.3 is 0 Å². The highest BCUT2D eigenvalue weighted by atomic mass is 16.4. The van der Waals surface area contributed by atoms with E-state index < -0.39 is 6.10 Å². The van der Waals surface area contributed by atoms with Crippen LogP contribution in [0.4, 0.5) is 0 Å². The largest absolute Gasteiger partial charge is 0.442 e. The van der Waals surface area contributed by atoms with Crippen LogP contribution < -0.4 is 5.73 Å². The molecule has 15 heavy (non-hydrogen) atoms. The topological polar surface area (TPSA) is 72.3 Å². The molecule has 4 nitrogen and oxygen atoms in total. The minimum absolute atomic E-state index is 0.0706. The van der Waals surface area contributed by atoms with E-state index in [0.717, 1.165) is 12.2 Å². The molecule has 1 rings (SSSR count). The number of hydrogen-bond acceptors (Lipinski definition) is 4. The van der Waals surface area contributed by atoms with Gasteiger partial charge in [0.05, 0.1) is 6.20 Å². The van der Waals surface area contributed by atoms with E-state index in [0.29, 0.717) is 18.9 Å². The minimum Gasteiger partial charge on any atom is -0.442 e. The second kappa shape index (κ2) is 4.77. The molecule has 86 valence electrons. The zero-order chi connectivity index (χ0) is 11.5. The lowest BCUT2D eigenvalue weighted by molar-refractivity contribution is 0.128. The third-order valence-corrected chi connectivity index (χ3v) is 2.23. The SMILES string of the molecule is CC(C)(C)c1cnc(C(O)CCCN)o1. The first kappa shape index (κ1) is 12.2. The summed E-state index contributed by atoms with van der Waals surface area (Å²) in [6.45, 7) is 6.71. The Bertz CT molecular complexity index is 302. The van der Waals surface area contributed by atoms with E-state index in [1.54, 1.807) is 6.20 Å². The first-order chi connectivity index (χ1) is 6.95. The Labute approximate surface area is 90.5 Å². The van der Waals surface area contributed by atoms with Crippen molar-refractivity contribution >= 4 is 0 Å². The van der Waals surface area contributed by atoms with Crippen LogP contribution in [0, 0.1) is 0 Å². The molecule has 1 atom stereocenters. The van der Waals surface area contributed by atoms with Crippen LogP contribution in [-0.4, -0.2) is 16.6 Å². The quantitative estimate of drug-likeness (QED) is 0.797. The summed E-state index contributed by atoms with van der Waals surface area (Å²) in [5.41, 5.74) is 5.30. The number of rotatable bonds is 4. The van der Waals surface area contributed by atoms with Crippen molar-refractivity contribution in [1.82, 2.24) is 4.98 Å². The second-order valence-corrected chi connectivity index (χ2v) is 4.76. The van der Waals surface area contributed by atoms with Crippen molar-refractivity contribution in [2.75, 3.05) is 6.54 Å². The predicted octanol–water partition coefficient (Wildman–Crippen LogP) is 1.74. The van der Waals surface area contributed by atoms with Gasteiger partial charge < -0.3 is 15.3 Å². The van der Waals surface area contributed by atoms with Crippen LogP contribution in [0.1, 0.15) is 51.4 Å². The number of oxazole rings is 1. The normalized spacial score (nSPS) is 14.2. The van der Waals surface area contributed by atoms with Crippen molar-refractivity contribution in [1.29, 1.82) is 0 Å². The van der Waals surface area contributed by atoms with Crippen LogP contribution in [0.15, 0.2) is 10.6 Å². The molecule has 0 saturated heterocycles. The molecule has 0 radical (unpaired) electrons. The Morgan fingerprint density at radius 3 is 2.67 bits per heavy atom. The summed E-state index contributed by atoms with van der Waals surface area (Å²) in [6.07, 6.45) is 2.42. The highest BCUT2D eigenvalue weighted by Crippen LogP contribution is 2.26.